The van der Waals surface area contributed by atoms with Gasteiger partial charge in [0.05, 0.1) is 22.1 Å². The summed E-state index contributed by atoms with van der Waals surface area (Å²) in [6, 6.07) is 13.3. The Hall–Kier alpha value is -3.50. The van der Waals surface area contributed by atoms with Crippen LogP contribution in [0, 0.1) is 0 Å². The lowest BCUT2D eigenvalue weighted by atomic mass is 9.99. The van der Waals surface area contributed by atoms with E-state index in [0.717, 1.165) is 24.2 Å². The van der Waals surface area contributed by atoms with E-state index in [1.165, 1.54) is 5.56 Å². The third kappa shape index (κ3) is 5.70. The van der Waals surface area contributed by atoms with Gasteiger partial charge < -0.3 is 21.1 Å². The molecule has 0 unspecified atom stereocenters. The number of rotatable bonds is 8. The zero-order valence-corrected chi connectivity index (χ0v) is 20.2. The number of carbonyl (C=O) groups excluding carboxylic acids is 1. The van der Waals surface area contributed by atoms with Crippen molar-refractivity contribution in [3.8, 4) is 0 Å². The molecule has 34 heavy (non-hydrogen) atoms. The Morgan fingerprint density at radius 3 is 2.76 bits per heavy atom. The number of halogens is 1. The summed E-state index contributed by atoms with van der Waals surface area (Å²) >= 11 is 3.47. The van der Waals surface area contributed by atoms with Crippen LogP contribution in [0.25, 0.3) is 0 Å². The van der Waals surface area contributed by atoms with Gasteiger partial charge >= 0.3 is 5.97 Å². The second-order valence-electron chi connectivity index (χ2n) is 7.92. The molecule has 9 nitrogen and oxygen atoms in total. The number of aliphatic carboxylic acids is 1. The Kier molecular flexibility index (Phi) is 7.39. The molecule has 0 radical (unpaired) electrons. The monoisotopic (exact) mass is 524 g/mol. The molecule has 4 rings (SSSR count). The van der Waals surface area contributed by atoms with Crippen LogP contribution in [0.15, 0.2) is 53.1 Å². The maximum atomic E-state index is 12.2. The van der Waals surface area contributed by atoms with Crippen molar-refractivity contribution in [2.24, 2.45) is 0 Å². The minimum absolute atomic E-state index is 0.138. The van der Waals surface area contributed by atoms with Crippen LogP contribution in [0.2, 0.25) is 0 Å². The Bertz CT molecular complexity index is 1220. The molecule has 2 heterocycles. The van der Waals surface area contributed by atoms with Crippen LogP contribution >= 0.6 is 15.9 Å². The number of nitrogens with one attached hydrogen (secondary N) is 3. The summed E-state index contributed by atoms with van der Waals surface area (Å²) in [6.45, 7) is 2.10. The van der Waals surface area contributed by atoms with E-state index in [1.54, 1.807) is 25.4 Å². The van der Waals surface area contributed by atoms with Crippen molar-refractivity contribution in [1.29, 1.82) is 0 Å². The van der Waals surface area contributed by atoms with Crippen LogP contribution in [0.4, 0.5) is 23.1 Å². The normalized spacial score (nSPS) is 13.1. The molecule has 0 atom stereocenters. The van der Waals surface area contributed by atoms with Crippen molar-refractivity contribution in [3.63, 3.8) is 0 Å². The molecule has 2 aromatic carbocycles. The molecule has 0 fully saturated rings. The largest absolute Gasteiger partial charge is 0.481 e. The summed E-state index contributed by atoms with van der Waals surface area (Å²) in [6.07, 6.45) is 2.67. The van der Waals surface area contributed by atoms with Gasteiger partial charge in [0.1, 0.15) is 5.82 Å². The van der Waals surface area contributed by atoms with Gasteiger partial charge in [0.15, 0.2) is 0 Å². The van der Waals surface area contributed by atoms with Crippen LogP contribution in [-0.2, 0) is 17.8 Å². The number of hydrogen-bond donors (Lipinski definition) is 4. The van der Waals surface area contributed by atoms with Gasteiger partial charge in [0.2, 0.25) is 5.95 Å². The van der Waals surface area contributed by atoms with Crippen molar-refractivity contribution in [3.05, 3.63) is 69.8 Å². The van der Waals surface area contributed by atoms with E-state index < -0.39 is 5.97 Å². The molecule has 1 aromatic heterocycles. The highest BCUT2D eigenvalue weighted by Crippen LogP contribution is 2.28. The summed E-state index contributed by atoms with van der Waals surface area (Å²) in [5.74, 6) is -0.0534. The second kappa shape index (κ2) is 10.6. The maximum absolute atomic E-state index is 12.2. The molecule has 0 aliphatic carbocycles. The first-order chi connectivity index (χ1) is 16.4. The first-order valence-corrected chi connectivity index (χ1v) is 11.7. The number of benzene rings is 2. The number of anilines is 4. The van der Waals surface area contributed by atoms with Gasteiger partial charge in [-0.2, -0.15) is 4.98 Å². The number of carbonyl (C=O) groups is 2. The van der Waals surface area contributed by atoms with Crippen molar-refractivity contribution < 1.29 is 14.7 Å². The summed E-state index contributed by atoms with van der Waals surface area (Å²) in [5.41, 5.74) is 4.41. The highest BCUT2D eigenvalue weighted by molar-refractivity contribution is 9.10. The van der Waals surface area contributed by atoms with Crippen LogP contribution in [0.1, 0.15) is 27.9 Å². The molecular formula is C24H25BrN6O3. The van der Waals surface area contributed by atoms with Gasteiger partial charge in [-0.3, -0.25) is 14.5 Å². The van der Waals surface area contributed by atoms with Gasteiger partial charge in [-0.1, -0.05) is 18.2 Å². The second-order valence-corrected chi connectivity index (χ2v) is 8.77. The Morgan fingerprint density at radius 1 is 1.15 bits per heavy atom. The first kappa shape index (κ1) is 23.7. The standard InChI is InChI=1S/C24H25BrN6O3/c1-26-23(34)18-4-2-3-5-20(18)29-22-19(25)13-27-24(30-22)28-17-7-6-15-8-10-31(11-9-21(32)33)14-16(15)12-17/h2-7,12-13H,8-11,14H2,1H3,(H,26,34)(H,32,33)(H2,27,28,29,30). The van der Waals surface area contributed by atoms with Crippen LogP contribution in [0.5, 0.6) is 0 Å². The summed E-state index contributed by atoms with van der Waals surface area (Å²) < 4.78 is 0.657. The van der Waals surface area contributed by atoms with E-state index in [1.807, 2.05) is 18.2 Å². The van der Waals surface area contributed by atoms with E-state index in [-0.39, 0.29) is 12.3 Å². The zero-order chi connectivity index (χ0) is 24.1. The summed E-state index contributed by atoms with van der Waals surface area (Å²) in [5, 5.41) is 18.1. The van der Waals surface area contributed by atoms with E-state index >= 15 is 0 Å². The SMILES string of the molecule is CNC(=O)c1ccccc1Nc1nc(Nc2ccc3c(c2)CN(CCC(=O)O)CC3)ncc1Br. The third-order valence-corrected chi connectivity index (χ3v) is 6.17. The smallest absolute Gasteiger partial charge is 0.304 e. The van der Waals surface area contributed by atoms with Crippen LogP contribution in [-0.4, -0.2) is 52.0 Å². The quantitative estimate of drug-likeness (QED) is 0.350. The lowest BCUT2D eigenvalue weighted by Gasteiger charge is -2.28. The van der Waals surface area contributed by atoms with E-state index in [4.69, 9.17) is 5.11 Å². The van der Waals surface area contributed by atoms with E-state index in [9.17, 15) is 9.59 Å². The molecule has 1 aliphatic rings. The Morgan fingerprint density at radius 2 is 1.97 bits per heavy atom. The fourth-order valence-corrected chi connectivity index (χ4v) is 4.12. The van der Waals surface area contributed by atoms with Gasteiger partial charge in [-0.15, -0.1) is 0 Å². The number of amides is 1. The molecule has 4 N–H and O–H groups in total. The van der Waals surface area contributed by atoms with Crippen molar-refractivity contribution in [2.75, 3.05) is 30.8 Å². The fourth-order valence-electron chi connectivity index (χ4n) is 3.83. The fraction of sp³-hybridized carbons (Fsp3) is 0.250. The van der Waals surface area contributed by atoms with Crippen LogP contribution < -0.4 is 16.0 Å². The molecule has 0 saturated carbocycles. The highest BCUT2D eigenvalue weighted by Gasteiger charge is 2.18. The molecule has 1 amide bonds. The van der Waals surface area contributed by atoms with E-state index in [0.29, 0.717) is 40.6 Å². The predicted octanol–water partition coefficient (Wildman–Crippen LogP) is 3.92. The molecule has 0 saturated heterocycles. The van der Waals surface area contributed by atoms with Gasteiger partial charge in [0.25, 0.3) is 5.91 Å². The summed E-state index contributed by atoms with van der Waals surface area (Å²) in [7, 11) is 1.59. The molecular weight excluding hydrogens is 500 g/mol. The van der Waals surface area contributed by atoms with Gasteiger partial charge in [-0.25, -0.2) is 4.98 Å². The molecule has 10 heteroatoms. The third-order valence-electron chi connectivity index (χ3n) is 5.59. The lowest BCUT2D eigenvalue weighted by Crippen LogP contribution is -2.32. The zero-order valence-electron chi connectivity index (χ0n) is 18.6. The predicted molar refractivity (Wildman–Crippen MR) is 134 cm³/mol. The molecule has 176 valence electrons. The minimum Gasteiger partial charge on any atom is -0.481 e. The van der Waals surface area contributed by atoms with Crippen molar-refractivity contribution in [2.45, 2.75) is 19.4 Å². The Balaban J connectivity index is 1.51. The molecule has 1 aliphatic heterocycles. The van der Waals surface area contributed by atoms with Crippen LogP contribution in [0.3, 0.4) is 0 Å². The number of nitrogens with zero attached hydrogens (tertiary/aromatic N) is 3. The average Bonchev–Trinajstić information content (AvgIpc) is 2.84. The molecule has 0 bridgehead atoms. The number of para-hydroxylation sites is 1. The highest BCUT2D eigenvalue weighted by atomic mass is 79.9. The number of hydrogen-bond acceptors (Lipinski definition) is 7. The van der Waals surface area contributed by atoms with E-state index in [2.05, 4.69) is 58.9 Å². The number of carboxylic acid groups (broad SMARTS) is 1. The first-order valence-electron chi connectivity index (χ1n) is 10.9. The van der Waals surface area contributed by atoms with Crippen molar-refractivity contribution >= 4 is 50.9 Å². The molecule has 0 spiro atoms. The lowest BCUT2D eigenvalue weighted by molar-refractivity contribution is -0.137. The van der Waals surface area contributed by atoms with Gasteiger partial charge in [-0.05, 0) is 57.7 Å². The number of aromatic nitrogens is 2. The minimum atomic E-state index is -0.782. The number of fused-ring (bicyclic) bond motifs is 1. The summed E-state index contributed by atoms with van der Waals surface area (Å²) in [4.78, 5) is 34.2. The van der Waals surface area contributed by atoms with Gasteiger partial charge in [0, 0.05) is 38.6 Å². The van der Waals surface area contributed by atoms with Crippen molar-refractivity contribution in [1.82, 2.24) is 20.2 Å². The molecule has 3 aromatic rings. The Labute approximate surface area is 205 Å². The maximum Gasteiger partial charge on any atom is 0.304 e. The average molecular weight is 525 g/mol. The topological polar surface area (TPSA) is 119 Å². The number of carboxylic acids is 1.